The molecule has 17 heavy (non-hydrogen) atoms. The van der Waals surface area contributed by atoms with Crippen LogP contribution in [0.1, 0.15) is 40.0 Å². The van der Waals surface area contributed by atoms with E-state index in [0.29, 0.717) is 10.9 Å². The van der Waals surface area contributed by atoms with Crippen LogP contribution in [0.4, 0.5) is 0 Å². The van der Waals surface area contributed by atoms with E-state index >= 15 is 0 Å². The number of nitrogens with zero attached hydrogens (tertiary/aromatic N) is 1. The molecule has 3 nitrogen and oxygen atoms in total. The Balaban J connectivity index is 2.23. The predicted molar refractivity (Wildman–Crippen MR) is 76.0 cm³/mol. The SMILES string of the molecule is CC(O)C1CCN(CCCC(C)(C)C(N)=S)C1. The van der Waals surface area contributed by atoms with Crippen molar-refractivity contribution in [3.63, 3.8) is 0 Å². The Hall–Kier alpha value is -0.190. The van der Waals surface area contributed by atoms with Gasteiger partial charge in [0.1, 0.15) is 0 Å². The van der Waals surface area contributed by atoms with Crippen LogP contribution in [0.3, 0.4) is 0 Å². The molecular formula is C13H26N2OS. The minimum absolute atomic E-state index is 0.0290. The zero-order valence-electron chi connectivity index (χ0n) is 11.3. The van der Waals surface area contributed by atoms with Gasteiger partial charge in [0.15, 0.2) is 0 Å². The molecule has 1 fully saturated rings. The molecule has 0 aromatic heterocycles. The summed E-state index contributed by atoms with van der Waals surface area (Å²) in [5, 5.41) is 9.54. The molecule has 4 heteroatoms. The molecule has 0 saturated carbocycles. The molecule has 0 amide bonds. The van der Waals surface area contributed by atoms with E-state index in [2.05, 4.69) is 18.7 Å². The highest BCUT2D eigenvalue weighted by Gasteiger charge is 2.26. The Morgan fingerprint density at radius 1 is 1.59 bits per heavy atom. The van der Waals surface area contributed by atoms with Crippen molar-refractivity contribution in [3.8, 4) is 0 Å². The Morgan fingerprint density at radius 2 is 2.24 bits per heavy atom. The number of aliphatic hydroxyl groups excluding tert-OH is 1. The molecule has 0 bridgehead atoms. The lowest BCUT2D eigenvalue weighted by molar-refractivity contribution is 0.127. The Morgan fingerprint density at radius 3 is 2.71 bits per heavy atom. The average Bonchev–Trinajstić information content (AvgIpc) is 2.66. The minimum Gasteiger partial charge on any atom is -0.393 e. The summed E-state index contributed by atoms with van der Waals surface area (Å²) in [6.07, 6.45) is 3.11. The van der Waals surface area contributed by atoms with Crippen molar-refractivity contribution >= 4 is 17.2 Å². The summed E-state index contributed by atoms with van der Waals surface area (Å²) in [7, 11) is 0. The van der Waals surface area contributed by atoms with Crippen LogP contribution in [-0.4, -0.2) is 40.7 Å². The fourth-order valence-electron chi connectivity index (χ4n) is 2.33. The average molecular weight is 258 g/mol. The lowest BCUT2D eigenvalue weighted by Crippen LogP contribution is -2.31. The first kappa shape index (κ1) is 14.9. The second-order valence-corrected chi connectivity index (χ2v) is 6.38. The molecule has 1 aliphatic rings. The van der Waals surface area contributed by atoms with Crippen molar-refractivity contribution in [1.29, 1.82) is 0 Å². The van der Waals surface area contributed by atoms with Crippen molar-refractivity contribution in [2.75, 3.05) is 19.6 Å². The second kappa shape index (κ2) is 6.12. The highest BCUT2D eigenvalue weighted by atomic mass is 32.1. The molecule has 1 saturated heterocycles. The van der Waals surface area contributed by atoms with E-state index in [4.69, 9.17) is 18.0 Å². The third kappa shape index (κ3) is 4.53. The van der Waals surface area contributed by atoms with Gasteiger partial charge in [0.25, 0.3) is 0 Å². The molecule has 1 heterocycles. The van der Waals surface area contributed by atoms with Crippen molar-refractivity contribution in [2.24, 2.45) is 17.1 Å². The Labute approximate surface area is 110 Å². The predicted octanol–water partition coefficient (Wildman–Crippen LogP) is 1.78. The summed E-state index contributed by atoms with van der Waals surface area (Å²) in [5.41, 5.74) is 5.68. The van der Waals surface area contributed by atoms with Crippen LogP contribution < -0.4 is 5.73 Å². The van der Waals surface area contributed by atoms with Gasteiger partial charge in [-0.2, -0.15) is 0 Å². The molecule has 2 atom stereocenters. The molecule has 0 aromatic rings. The van der Waals surface area contributed by atoms with Crippen molar-refractivity contribution < 1.29 is 5.11 Å². The molecule has 0 spiro atoms. The van der Waals surface area contributed by atoms with Gasteiger partial charge in [-0.15, -0.1) is 0 Å². The molecule has 3 N–H and O–H groups in total. The third-order valence-electron chi connectivity index (χ3n) is 3.93. The molecule has 2 unspecified atom stereocenters. The van der Waals surface area contributed by atoms with Gasteiger partial charge < -0.3 is 15.7 Å². The number of nitrogens with two attached hydrogens (primary N) is 1. The van der Waals surface area contributed by atoms with Gasteiger partial charge >= 0.3 is 0 Å². The maximum Gasteiger partial charge on any atom is 0.0784 e. The van der Waals surface area contributed by atoms with E-state index in [1.165, 1.54) is 0 Å². The molecule has 100 valence electrons. The lowest BCUT2D eigenvalue weighted by atomic mass is 9.88. The second-order valence-electron chi connectivity index (χ2n) is 5.94. The Kier molecular flexibility index (Phi) is 5.35. The van der Waals surface area contributed by atoms with Crippen LogP contribution in [0.25, 0.3) is 0 Å². The monoisotopic (exact) mass is 258 g/mol. The van der Waals surface area contributed by atoms with E-state index in [-0.39, 0.29) is 11.5 Å². The number of rotatable bonds is 6. The van der Waals surface area contributed by atoms with Crippen LogP contribution in [0.5, 0.6) is 0 Å². The van der Waals surface area contributed by atoms with Crippen LogP contribution in [0, 0.1) is 11.3 Å². The summed E-state index contributed by atoms with van der Waals surface area (Å²) < 4.78 is 0. The molecule has 0 radical (unpaired) electrons. The number of thiocarbonyl (C=S) groups is 1. The first-order valence-corrected chi connectivity index (χ1v) is 6.94. The number of hydrogen-bond donors (Lipinski definition) is 2. The highest BCUT2D eigenvalue weighted by molar-refractivity contribution is 7.80. The Bertz CT molecular complexity index is 266. The third-order valence-corrected chi connectivity index (χ3v) is 4.49. The first-order chi connectivity index (χ1) is 7.83. The maximum absolute atomic E-state index is 9.54. The zero-order chi connectivity index (χ0) is 13.1. The van der Waals surface area contributed by atoms with E-state index in [9.17, 15) is 5.11 Å². The summed E-state index contributed by atoms with van der Waals surface area (Å²) in [5.74, 6) is 0.457. The van der Waals surface area contributed by atoms with E-state index < -0.39 is 0 Å². The topological polar surface area (TPSA) is 49.5 Å². The van der Waals surface area contributed by atoms with E-state index in [1.807, 2.05) is 6.92 Å². The van der Waals surface area contributed by atoms with Crippen LogP contribution in [-0.2, 0) is 0 Å². The number of likely N-dealkylation sites (tertiary alicyclic amines) is 1. The molecule has 0 aliphatic carbocycles. The maximum atomic E-state index is 9.54. The van der Waals surface area contributed by atoms with Gasteiger partial charge in [-0.1, -0.05) is 26.1 Å². The largest absolute Gasteiger partial charge is 0.393 e. The summed E-state index contributed by atoms with van der Waals surface area (Å²) in [6.45, 7) is 9.35. The normalized spacial score (nSPS) is 23.9. The quantitative estimate of drug-likeness (QED) is 0.713. The van der Waals surface area contributed by atoms with Crippen LogP contribution in [0.2, 0.25) is 0 Å². The molecular weight excluding hydrogens is 232 g/mol. The van der Waals surface area contributed by atoms with Crippen LogP contribution in [0.15, 0.2) is 0 Å². The van der Waals surface area contributed by atoms with E-state index in [0.717, 1.165) is 38.9 Å². The summed E-state index contributed by atoms with van der Waals surface area (Å²) >= 11 is 5.06. The van der Waals surface area contributed by atoms with Crippen molar-refractivity contribution in [1.82, 2.24) is 4.90 Å². The van der Waals surface area contributed by atoms with Gasteiger partial charge in [0.05, 0.1) is 11.1 Å². The minimum atomic E-state index is -0.173. The molecule has 0 aromatic carbocycles. The van der Waals surface area contributed by atoms with Crippen LogP contribution >= 0.6 is 12.2 Å². The fraction of sp³-hybridized carbons (Fsp3) is 0.923. The zero-order valence-corrected chi connectivity index (χ0v) is 12.1. The van der Waals surface area contributed by atoms with Gasteiger partial charge in [0.2, 0.25) is 0 Å². The number of hydrogen-bond acceptors (Lipinski definition) is 3. The van der Waals surface area contributed by atoms with Gasteiger partial charge in [-0.3, -0.25) is 0 Å². The van der Waals surface area contributed by atoms with Gasteiger partial charge in [0, 0.05) is 12.0 Å². The number of aliphatic hydroxyl groups is 1. The smallest absolute Gasteiger partial charge is 0.0784 e. The van der Waals surface area contributed by atoms with Crippen molar-refractivity contribution in [2.45, 2.75) is 46.1 Å². The van der Waals surface area contributed by atoms with Crippen molar-refractivity contribution in [3.05, 3.63) is 0 Å². The fourth-order valence-corrected chi connectivity index (χ4v) is 2.43. The first-order valence-electron chi connectivity index (χ1n) is 6.53. The summed E-state index contributed by atoms with van der Waals surface area (Å²) in [4.78, 5) is 3.05. The highest BCUT2D eigenvalue weighted by Crippen LogP contribution is 2.24. The van der Waals surface area contributed by atoms with Gasteiger partial charge in [-0.05, 0) is 45.2 Å². The summed E-state index contributed by atoms with van der Waals surface area (Å²) in [6, 6.07) is 0. The molecule has 1 rings (SSSR count). The van der Waals surface area contributed by atoms with Gasteiger partial charge in [-0.25, -0.2) is 0 Å². The molecule has 1 aliphatic heterocycles. The standard InChI is InChI=1S/C13H26N2OS/c1-10(16)11-5-8-15(9-11)7-4-6-13(2,3)12(14)17/h10-11,16H,4-9H2,1-3H3,(H2,14,17). The lowest BCUT2D eigenvalue weighted by Gasteiger charge is -2.24. The van der Waals surface area contributed by atoms with E-state index in [1.54, 1.807) is 0 Å².